The lowest BCUT2D eigenvalue weighted by molar-refractivity contribution is -0.136. The van der Waals surface area contributed by atoms with Crippen LogP contribution in [0.25, 0.3) is 0 Å². The molecule has 0 aromatic heterocycles. The Morgan fingerprint density at radius 2 is 1.54 bits per heavy atom. The fourth-order valence-corrected chi connectivity index (χ4v) is 2.84. The zero-order valence-corrected chi connectivity index (χ0v) is 21.0. The van der Waals surface area contributed by atoms with Crippen LogP contribution in [0, 0.1) is 5.92 Å². The number of carboxylic acids is 3. The van der Waals surface area contributed by atoms with Crippen molar-refractivity contribution in [2.75, 3.05) is 7.11 Å². The van der Waals surface area contributed by atoms with Crippen LogP contribution < -0.4 is 0 Å². The lowest BCUT2D eigenvalue weighted by Crippen LogP contribution is -2.10. The van der Waals surface area contributed by atoms with Crippen molar-refractivity contribution in [3.05, 3.63) is 83.6 Å². The summed E-state index contributed by atoms with van der Waals surface area (Å²) in [7, 11) is 1.63. The van der Waals surface area contributed by atoms with Gasteiger partial charge in [-0.05, 0) is 56.6 Å². The summed E-state index contributed by atoms with van der Waals surface area (Å²) in [6, 6.07) is 0. The average Bonchev–Trinajstić information content (AvgIpc) is 2.78. The van der Waals surface area contributed by atoms with E-state index in [-0.39, 0.29) is 29.6 Å². The second-order valence-electron chi connectivity index (χ2n) is 8.13. The molecule has 0 aliphatic rings. The summed E-state index contributed by atoms with van der Waals surface area (Å²) in [6.45, 7) is 5.44. The minimum absolute atomic E-state index is 0.115. The van der Waals surface area contributed by atoms with Gasteiger partial charge in [-0.3, -0.25) is 4.79 Å². The van der Waals surface area contributed by atoms with Crippen molar-refractivity contribution in [3.63, 3.8) is 0 Å². The van der Waals surface area contributed by atoms with Gasteiger partial charge in [-0.2, -0.15) is 0 Å². The van der Waals surface area contributed by atoms with Crippen molar-refractivity contribution in [1.82, 2.24) is 0 Å². The summed E-state index contributed by atoms with van der Waals surface area (Å²) in [5.74, 6) is -3.01. The first kappa shape index (κ1) is 31.6. The van der Waals surface area contributed by atoms with Crippen molar-refractivity contribution >= 4 is 17.9 Å². The van der Waals surface area contributed by atoms with E-state index in [0.717, 1.165) is 30.9 Å². The molecule has 0 fully saturated rings. The minimum Gasteiger partial charge on any atom is -0.481 e. The highest BCUT2D eigenvalue weighted by molar-refractivity contribution is 5.86. The van der Waals surface area contributed by atoms with Crippen LogP contribution in [0.3, 0.4) is 0 Å². The second kappa shape index (κ2) is 18.9. The Kier molecular flexibility index (Phi) is 17.1. The maximum atomic E-state index is 10.9. The van der Waals surface area contributed by atoms with Crippen LogP contribution in [0.15, 0.2) is 83.6 Å². The summed E-state index contributed by atoms with van der Waals surface area (Å²) < 4.78 is 5.47. The molecule has 35 heavy (non-hydrogen) atoms. The Labute approximate surface area is 208 Å². The van der Waals surface area contributed by atoms with Crippen molar-refractivity contribution in [2.45, 2.75) is 59.0 Å². The van der Waals surface area contributed by atoms with E-state index in [1.54, 1.807) is 32.3 Å². The second-order valence-corrected chi connectivity index (χ2v) is 8.13. The van der Waals surface area contributed by atoms with Gasteiger partial charge in [0.25, 0.3) is 0 Å². The molecule has 3 N–H and O–H groups in total. The molecule has 7 nitrogen and oxygen atoms in total. The van der Waals surface area contributed by atoms with Crippen molar-refractivity contribution < 1.29 is 34.4 Å². The van der Waals surface area contributed by atoms with E-state index in [2.05, 4.69) is 18.2 Å². The zero-order chi connectivity index (χ0) is 26.6. The summed E-state index contributed by atoms with van der Waals surface area (Å²) >= 11 is 0. The molecule has 0 saturated heterocycles. The topological polar surface area (TPSA) is 121 Å². The first-order valence-electron chi connectivity index (χ1n) is 11.5. The predicted octanol–water partition coefficient (Wildman–Crippen LogP) is 5.89. The van der Waals surface area contributed by atoms with Gasteiger partial charge in [0.1, 0.15) is 0 Å². The molecule has 0 bridgehead atoms. The van der Waals surface area contributed by atoms with Gasteiger partial charge in [0, 0.05) is 18.8 Å². The Hall–Kier alpha value is -3.45. The van der Waals surface area contributed by atoms with E-state index >= 15 is 0 Å². The highest BCUT2D eigenvalue weighted by atomic mass is 16.5. The molecule has 0 spiro atoms. The molecule has 0 radical (unpaired) electrons. The summed E-state index contributed by atoms with van der Waals surface area (Å²) in [5, 5.41) is 26.6. The summed E-state index contributed by atoms with van der Waals surface area (Å²) in [5.41, 5.74) is 1.48. The van der Waals surface area contributed by atoms with E-state index in [4.69, 9.17) is 20.1 Å². The Morgan fingerprint density at radius 3 is 2.14 bits per heavy atom. The van der Waals surface area contributed by atoms with Crippen LogP contribution in [-0.2, 0) is 19.1 Å². The number of carboxylic acid groups (broad SMARTS) is 3. The average molecular weight is 487 g/mol. The van der Waals surface area contributed by atoms with Crippen LogP contribution in [0.1, 0.15) is 52.9 Å². The monoisotopic (exact) mass is 486 g/mol. The van der Waals surface area contributed by atoms with E-state index in [9.17, 15) is 14.4 Å². The largest absolute Gasteiger partial charge is 0.481 e. The number of ether oxygens (including phenoxy) is 1. The fraction of sp³-hybridized carbons (Fsp3) is 0.393. The Balaban J connectivity index is 4.41. The van der Waals surface area contributed by atoms with Crippen LogP contribution >= 0.6 is 0 Å². The number of carbonyl (C=O) groups is 3. The van der Waals surface area contributed by atoms with Crippen molar-refractivity contribution in [1.29, 1.82) is 0 Å². The first-order chi connectivity index (χ1) is 16.6. The smallest absolute Gasteiger partial charge is 0.331 e. The molecule has 192 valence electrons. The highest BCUT2D eigenvalue weighted by Gasteiger charge is 2.07. The van der Waals surface area contributed by atoms with Gasteiger partial charge >= 0.3 is 17.9 Å². The van der Waals surface area contributed by atoms with E-state index < -0.39 is 17.9 Å². The molecule has 0 unspecified atom stereocenters. The normalized spacial score (nSPS) is 15.5. The standard InChI is InChI=1S/C28H38O7/c1-21(15-18-24(19-26(29)30)20-27(31)32)13-11-9-7-5-6-8-10-12-14-25(35-4)22(2)16-17-23(3)28(33)34/h6,8-12,15-19,21,25H,5,7,13-14,20H2,1-4H3,(H,29,30)(H,31,32)(H,33,34)/b8-6+,11-9+,12-10-,18-15+,22-16+,23-17+,24-19+/t21-,25+/m0/s1. The van der Waals surface area contributed by atoms with Crippen molar-refractivity contribution in [3.8, 4) is 0 Å². The molecule has 0 heterocycles. The Morgan fingerprint density at radius 1 is 0.886 bits per heavy atom. The fourth-order valence-electron chi connectivity index (χ4n) is 2.84. The lowest BCUT2D eigenvalue weighted by Gasteiger charge is -2.13. The van der Waals surface area contributed by atoms with Gasteiger partial charge in [-0.1, -0.05) is 67.7 Å². The zero-order valence-electron chi connectivity index (χ0n) is 21.0. The van der Waals surface area contributed by atoms with Gasteiger partial charge in [-0.15, -0.1) is 0 Å². The molecular weight excluding hydrogens is 448 g/mol. The first-order valence-corrected chi connectivity index (χ1v) is 11.5. The molecule has 0 aliphatic carbocycles. The van der Waals surface area contributed by atoms with Gasteiger partial charge in [0.05, 0.1) is 12.5 Å². The number of allylic oxidation sites excluding steroid dienone is 9. The van der Waals surface area contributed by atoms with E-state index in [1.807, 2.05) is 38.2 Å². The van der Waals surface area contributed by atoms with Crippen LogP contribution in [0.4, 0.5) is 0 Å². The van der Waals surface area contributed by atoms with Crippen LogP contribution in [-0.4, -0.2) is 46.4 Å². The molecule has 0 aromatic rings. The van der Waals surface area contributed by atoms with E-state index in [1.165, 1.54) is 0 Å². The van der Waals surface area contributed by atoms with Crippen LogP contribution in [0.2, 0.25) is 0 Å². The third kappa shape index (κ3) is 17.7. The molecule has 0 saturated carbocycles. The summed E-state index contributed by atoms with van der Waals surface area (Å²) in [6.07, 6.45) is 22.6. The molecule has 0 rings (SSSR count). The maximum Gasteiger partial charge on any atom is 0.331 e. The van der Waals surface area contributed by atoms with Crippen molar-refractivity contribution in [2.24, 2.45) is 5.92 Å². The van der Waals surface area contributed by atoms with Gasteiger partial charge < -0.3 is 20.1 Å². The third-order valence-electron chi connectivity index (χ3n) is 4.94. The quantitative estimate of drug-likeness (QED) is 0.101. The van der Waals surface area contributed by atoms with Crippen LogP contribution in [0.5, 0.6) is 0 Å². The molecule has 2 atom stereocenters. The lowest BCUT2D eigenvalue weighted by atomic mass is 10.0. The number of methoxy groups -OCH3 is 1. The van der Waals surface area contributed by atoms with Gasteiger partial charge in [0.2, 0.25) is 0 Å². The van der Waals surface area contributed by atoms with Gasteiger partial charge in [0.15, 0.2) is 0 Å². The number of unbranched alkanes of at least 4 members (excludes halogenated alkanes) is 1. The number of aliphatic carboxylic acids is 3. The highest BCUT2D eigenvalue weighted by Crippen LogP contribution is 2.12. The molecular formula is C28H38O7. The molecule has 0 amide bonds. The Bertz CT molecular complexity index is 898. The van der Waals surface area contributed by atoms with E-state index in [0.29, 0.717) is 6.42 Å². The predicted molar refractivity (Wildman–Crippen MR) is 138 cm³/mol. The molecule has 0 aliphatic heterocycles. The SMILES string of the molecule is CO[C@H](C/C=C\C=C\CC/C=C/C[C@H](C)/C=C/C(=C\C(=O)O)CC(=O)O)/C(C)=C/C=C(\C)C(=O)O. The number of hydrogen-bond acceptors (Lipinski definition) is 4. The number of rotatable bonds is 17. The third-order valence-corrected chi connectivity index (χ3v) is 4.94. The van der Waals surface area contributed by atoms with Gasteiger partial charge in [-0.25, -0.2) is 9.59 Å². The minimum atomic E-state index is -1.16. The number of hydrogen-bond donors (Lipinski definition) is 3. The maximum absolute atomic E-state index is 10.9. The summed E-state index contributed by atoms with van der Waals surface area (Å²) in [4.78, 5) is 32.4. The molecule has 7 heteroatoms. The molecule has 0 aromatic carbocycles.